The molecule has 1 aromatic carbocycles. The van der Waals surface area contributed by atoms with E-state index in [-0.39, 0.29) is 17.4 Å². The van der Waals surface area contributed by atoms with E-state index in [0.717, 1.165) is 0 Å². The van der Waals surface area contributed by atoms with Crippen LogP contribution in [0.15, 0.2) is 64.1 Å². The maximum atomic E-state index is 12.9. The Morgan fingerprint density at radius 2 is 2.15 bits per heavy atom. The summed E-state index contributed by atoms with van der Waals surface area (Å²) in [6, 6.07) is 5.79. The van der Waals surface area contributed by atoms with Gasteiger partial charge in [-0.15, -0.1) is 28.0 Å². The Kier molecular flexibility index (Phi) is 8.28. The van der Waals surface area contributed by atoms with Gasteiger partial charge in [0.2, 0.25) is 11.7 Å². The van der Waals surface area contributed by atoms with Crippen molar-refractivity contribution >= 4 is 87.7 Å². The summed E-state index contributed by atoms with van der Waals surface area (Å²) < 4.78 is 1.69. The Bertz CT molecular complexity index is 1550. The molecule has 202 valence electrons. The van der Waals surface area contributed by atoms with Crippen LogP contribution in [0, 0.1) is 0 Å². The summed E-state index contributed by atoms with van der Waals surface area (Å²) in [5.41, 5.74) is 6.90. The molecule has 5 rings (SSSR count). The lowest BCUT2D eigenvalue weighted by Gasteiger charge is -2.49. The minimum Gasteiger partial charge on any atom is -0.477 e. The number of halogens is 2. The topological polar surface area (TPSA) is 158 Å². The number of nitrogens with zero attached hydrogens (tertiary/aromatic N) is 4. The maximum Gasteiger partial charge on any atom is 0.352 e. The molecule has 2 amide bonds. The van der Waals surface area contributed by atoms with Crippen LogP contribution in [0.2, 0.25) is 10.0 Å². The predicted molar refractivity (Wildman–Crippen MR) is 151 cm³/mol. The molecule has 0 spiro atoms. The van der Waals surface area contributed by atoms with E-state index >= 15 is 0 Å². The molecule has 4 heterocycles. The van der Waals surface area contributed by atoms with Crippen LogP contribution >= 0.6 is 58.5 Å². The number of amides is 2. The van der Waals surface area contributed by atoms with E-state index in [0.29, 0.717) is 48.6 Å². The summed E-state index contributed by atoms with van der Waals surface area (Å²) >= 11 is 16.1. The molecule has 0 saturated carbocycles. The first kappa shape index (κ1) is 27.6. The summed E-state index contributed by atoms with van der Waals surface area (Å²) in [6.07, 6.45) is 5.04. The van der Waals surface area contributed by atoms with Gasteiger partial charge >= 0.3 is 11.1 Å². The number of hydrogen-bond acceptors (Lipinski definition) is 9. The molecule has 1 fully saturated rings. The number of benzene rings is 1. The molecule has 3 aromatic rings. The normalized spacial score (nSPS) is 18.9. The number of anilines is 1. The fourth-order valence-corrected chi connectivity index (χ4v) is 7.39. The number of β-lactam (4-membered cyclic amide) rings is 1. The van der Waals surface area contributed by atoms with Gasteiger partial charge in [-0.3, -0.25) is 14.5 Å². The number of carbonyl (C=O) groups excluding carboxylic acids is 2. The summed E-state index contributed by atoms with van der Waals surface area (Å²) in [5, 5.41) is 16.6. The lowest BCUT2D eigenvalue weighted by Crippen LogP contribution is -2.70. The Morgan fingerprint density at radius 3 is 2.95 bits per heavy atom. The van der Waals surface area contributed by atoms with Crippen LogP contribution in [-0.4, -0.2) is 71.5 Å². The van der Waals surface area contributed by atoms with Crippen LogP contribution in [0.4, 0.5) is 5.82 Å². The lowest BCUT2D eigenvalue weighted by atomic mass is 10.0. The van der Waals surface area contributed by atoms with Crippen molar-refractivity contribution in [3.05, 3.63) is 64.1 Å². The molecule has 0 bridgehead atoms. The molecule has 2 aliphatic rings. The smallest absolute Gasteiger partial charge is 0.352 e. The van der Waals surface area contributed by atoms with E-state index in [2.05, 4.69) is 20.4 Å². The van der Waals surface area contributed by atoms with E-state index in [9.17, 15) is 19.5 Å². The van der Waals surface area contributed by atoms with E-state index < -0.39 is 23.3 Å². The van der Waals surface area contributed by atoms with Crippen molar-refractivity contribution in [3.8, 4) is 0 Å². The number of aliphatic carboxylic acids is 1. The number of hydrogen-bond donors (Lipinski definition) is 4. The minimum atomic E-state index is -1.20. The first-order valence-electron chi connectivity index (χ1n) is 11.3. The van der Waals surface area contributed by atoms with Crippen molar-refractivity contribution in [2.75, 3.05) is 23.0 Å². The second-order valence-electron chi connectivity index (χ2n) is 8.26. The predicted octanol–water partition coefficient (Wildman–Crippen LogP) is 2.61. The van der Waals surface area contributed by atoms with Crippen LogP contribution in [-0.2, 0) is 14.4 Å². The number of fused-ring (bicyclic) bond motifs is 2. The van der Waals surface area contributed by atoms with Gasteiger partial charge in [0, 0.05) is 21.4 Å². The van der Waals surface area contributed by atoms with Crippen molar-refractivity contribution in [1.29, 1.82) is 0 Å². The van der Waals surface area contributed by atoms with Crippen LogP contribution < -0.4 is 15.6 Å². The average molecular weight is 626 g/mol. The molecule has 0 radical (unpaired) electrons. The van der Waals surface area contributed by atoms with Crippen LogP contribution in [0.25, 0.3) is 5.65 Å². The number of allylic oxidation sites excluding steroid dienone is 1. The van der Waals surface area contributed by atoms with Gasteiger partial charge in [0.1, 0.15) is 17.1 Å². The van der Waals surface area contributed by atoms with Gasteiger partial charge in [-0.1, -0.05) is 45.3 Å². The van der Waals surface area contributed by atoms with Crippen molar-refractivity contribution in [3.63, 3.8) is 0 Å². The number of carboxylic acid groups (broad SMARTS) is 1. The van der Waals surface area contributed by atoms with Crippen molar-refractivity contribution in [1.82, 2.24) is 25.3 Å². The number of nitrogen functional groups attached to an aromatic ring is 1. The number of aromatic nitrogens is 4. The first-order chi connectivity index (χ1) is 18.7. The molecule has 16 heteroatoms. The molecule has 1 unspecified atom stereocenters. The second-order valence-corrected chi connectivity index (χ2v) is 12.2. The fraction of sp³-hybridized carbons (Fsp3) is 0.217. The Labute approximate surface area is 244 Å². The number of nitrogens with two attached hydrogens (primary N) is 1. The largest absolute Gasteiger partial charge is 0.477 e. The molecular weight excluding hydrogens is 605 g/mol. The standard InChI is InChI=1S/C23H19Cl2N7O4S3/c24-12-3-4-13(25)14(6-12)38-9-17(33)30-18-20(34)31-19(22(35)36)11(8-39-21(18)31)2-1-5-37-23-29-15(26)7-16-27-10-28-32(16)23/h1-4,6-7,10,18,21H,5,8-9H2,(H4,26,27,28,30,33,35,36)/p+1/b2-1+/t18-,21?/m1/s1. The molecular formula is C23H20Cl2N7O4S3+. The third-order valence-corrected chi connectivity index (χ3v) is 9.63. The Balaban J connectivity index is 1.21. The van der Waals surface area contributed by atoms with Crippen molar-refractivity contribution in [2.24, 2.45) is 0 Å². The van der Waals surface area contributed by atoms with Gasteiger partial charge in [-0.2, -0.15) is 0 Å². The number of rotatable bonds is 9. The molecule has 2 atom stereocenters. The molecule has 1 saturated heterocycles. The number of H-pyrrole nitrogens is 1. The zero-order valence-corrected chi connectivity index (χ0v) is 23.8. The van der Waals surface area contributed by atoms with Crippen molar-refractivity contribution < 1.29 is 24.0 Å². The highest BCUT2D eigenvalue weighted by Gasteiger charge is 2.53. The summed E-state index contributed by atoms with van der Waals surface area (Å²) in [6.45, 7) is 0. The lowest BCUT2D eigenvalue weighted by molar-refractivity contribution is -0.622. The van der Waals surface area contributed by atoms with Crippen LogP contribution in [0.1, 0.15) is 0 Å². The monoisotopic (exact) mass is 624 g/mol. The van der Waals surface area contributed by atoms with Crippen molar-refractivity contribution in [2.45, 2.75) is 21.5 Å². The van der Waals surface area contributed by atoms with Crippen LogP contribution in [0.5, 0.6) is 0 Å². The number of nitrogens with one attached hydrogen (secondary N) is 2. The zero-order valence-electron chi connectivity index (χ0n) is 19.8. The maximum absolute atomic E-state index is 12.9. The third-order valence-electron chi connectivity index (χ3n) is 5.70. The number of aromatic amines is 1. The van der Waals surface area contributed by atoms with Gasteiger partial charge < -0.3 is 16.2 Å². The van der Waals surface area contributed by atoms with E-state index in [1.54, 1.807) is 40.9 Å². The third kappa shape index (κ3) is 5.84. The minimum absolute atomic E-state index is 0.0274. The number of carbonyl (C=O) groups is 3. The molecule has 2 aliphatic heterocycles. The fourth-order valence-electron chi connectivity index (χ4n) is 3.98. The molecule has 2 aromatic heterocycles. The van der Waals surface area contributed by atoms with E-state index in [4.69, 9.17) is 28.9 Å². The molecule has 11 nitrogen and oxygen atoms in total. The highest BCUT2D eigenvalue weighted by atomic mass is 35.5. The van der Waals surface area contributed by atoms with Gasteiger partial charge in [0.25, 0.3) is 11.6 Å². The van der Waals surface area contributed by atoms with Gasteiger partial charge in [0.05, 0.1) is 16.8 Å². The number of carboxylic acids is 1. The highest BCUT2D eigenvalue weighted by molar-refractivity contribution is 8.00. The van der Waals surface area contributed by atoms with Gasteiger partial charge in [-0.25, -0.2) is 9.89 Å². The van der Waals surface area contributed by atoms with E-state index in [1.165, 1.54) is 46.5 Å². The Hall–Kier alpha value is -2.91. The molecule has 39 heavy (non-hydrogen) atoms. The quantitative estimate of drug-likeness (QED) is 0.121. The molecule has 0 aliphatic carbocycles. The summed E-state index contributed by atoms with van der Waals surface area (Å²) in [4.78, 5) is 47.9. The van der Waals surface area contributed by atoms with E-state index in [1.807, 2.05) is 0 Å². The second kappa shape index (κ2) is 11.7. The van der Waals surface area contributed by atoms with Gasteiger partial charge in [-0.05, 0) is 35.5 Å². The highest BCUT2D eigenvalue weighted by Crippen LogP contribution is 2.41. The Morgan fingerprint density at radius 1 is 1.33 bits per heavy atom. The van der Waals surface area contributed by atoms with Crippen LogP contribution in [0.3, 0.4) is 0 Å². The first-order valence-corrected chi connectivity index (χ1v) is 15.1. The SMILES string of the molecule is Nc1cc2nc[nH][n+]2c(SC/C=C/C2=C(C(=O)O)N3C(=O)[C@@H](NC(=O)CSc4cc(Cl)ccc4Cl)C3SC2)n1. The summed E-state index contributed by atoms with van der Waals surface area (Å²) in [7, 11) is 0. The zero-order chi connectivity index (χ0) is 27.7. The number of thioether (sulfide) groups is 3. The van der Waals surface area contributed by atoms with Gasteiger partial charge in [0.15, 0.2) is 6.33 Å². The summed E-state index contributed by atoms with van der Waals surface area (Å²) in [5.74, 6) is -0.827. The average Bonchev–Trinajstić information content (AvgIpc) is 3.38. The molecule has 5 N–H and O–H groups in total.